The Balaban J connectivity index is -0.0000000948. The standard InChI is InChI=1S/C6H3Cl2I.C4H10O.Mg.2H/c7-4-1-2-6(9)5(8)3-4;1-3-5-4-2;;;/h1-3H;3-4H2,1-2H3;;;/q;;+2;2*-1. The van der Waals surface area contributed by atoms with Gasteiger partial charge in [-0.2, -0.15) is 0 Å². The van der Waals surface area contributed by atoms with E-state index >= 15 is 0 Å². The van der Waals surface area contributed by atoms with Gasteiger partial charge in [0, 0.05) is 21.8 Å². The first kappa shape index (κ1) is 18.6. The van der Waals surface area contributed by atoms with Crippen LogP contribution in [0, 0.1) is 3.57 Å². The molecule has 1 aromatic rings. The van der Waals surface area contributed by atoms with Crippen LogP contribution in [0.4, 0.5) is 0 Å². The van der Waals surface area contributed by atoms with Crippen molar-refractivity contribution < 1.29 is 7.59 Å². The minimum absolute atomic E-state index is 0. The van der Waals surface area contributed by atoms with E-state index < -0.39 is 0 Å². The Morgan fingerprint density at radius 3 is 2.07 bits per heavy atom. The third kappa shape index (κ3) is 10.1. The van der Waals surface area contributed by atoms with Crippen molar-refractivity contribution in [2.24, 2.45) is 0 Å². The second kappa shape index (κ2) is 11.7. The molecule has 0 spiro atoms. The van der Waals surface area contributed by atoms with Gasteiger partial charge in [0.25, 0.3) is 0 Å². The summed E-state index contributed by atoms with van der Waals surface area (Å²) >= 11 is 13.5. The Kier molecular flexibility index (Phi) is 14.6. The molecule has 1 nitrogen and oxygen atoms in total. The van der Waals surface area contributed by atoms with Crippen LogP contribution in [0.15, 0.2) is 18.2 Å². The predicted molar refractivity (Wildman–Crippen MR) is 79.3 cm³/mol. The van der Waals surface area contributed by atoms with Gasteiger partial charge in [-0.05, 0) is 54.6 Å². The van der Waals surface area contributed by atoms with Crippen LogP contribution in [0.1, 0.15) is 16.7 Å². The SMILES string of the molecule is CCOCC.Clc1ccc(I)c(Cl)c1.[H-].[H-].[Mg+2]. The van der Waals surface area contributed by atoms with Crippen LogP contribution < -0.4 is 0 Å². The molecule has 0 aliphatic carbocycles. The van der Waals surface area contributed by atoms with Crippen LogP contribution in [0.5, 0.6) is 0 Å². The minimum Gasteiger partial charge on any atom is -1.00 e. The molecule has 0 radical (unpaired) electrons. The fourth-order valence-electron chi connectivity index (χ4n) is 0.675. The molecule has 0 aliphatic rings. The third-order valence-electron chi connectivity index (χ3n) is 1.29. The largest absolute Gasteiger partial charge is 2.00 e. The normalized spacial score (nSPS) is 8.60. The van der Waals surface area contributed by atoms with Gasteiger partial charge in [0.05, 0.1) is 5.02 Å². The van der Waals surface area contributed by atoms with E-state index in [-0.39, 0.29) is 25.9 Å². The van der Waals surface area contributed by atoms with Gasteiger partial charge in [0.1, 0.15) is 0 Å². The zero-order chi connectivity index (χ0) is 11.0. The van der Waals surface area contributed by atoms with Crippen LogP contribution >= 0.6 is 45.8 Å². The topological polar surface area (TPSA) is 9.23 Å². The van der Waals surface area contributed by atoms with Gasteiger partial charge in [-0.15, -0.1) is 0 Å². The number of rotatable bonds is 2. The zero-order valence-corrected chi connectivity index (χ0v) is 14.0. The van der Waals surface area contributed by atoms with Crippen molar-refractivity contribution in [3.63, 3.8) is 0 Å². The first-order valence-electron chi connectivity index (χ1n) is 4.30. The molecule has 0 heterocycles. The van der Waals surface area contributed by atoms with Crippen LogP contribution in [0.25, 0.3) is 0 Å². The van der Waals surface area contributed by atoms with E-state index in [0.29, 0.717) is 10.0 Å². The van der Waals surface area contributed by atoms with Crippen molar-refractivity contribution in [2.45, 2.75) is 13.8 Å². The Morgan fingerprint density at radius 1 is 1.27 bits per heavy atom. The van der Waals surface area contributed by atoms with E-state index in [0.717, 1.165) is 16.8 Å². The second-order valence-electron chi connectivity index (χ2n) is 2.34. The fourth-order valence-corrected chi connectivity index (χ4v) is 1.42. The summed E-state index contributed by atoms with van der Waals surface area (Å²) in [7, 11) is 0. The van der Waals surface area contributed by atoms with Crippen LogP contribution in [0.2, 0.25) is 10.0 Å². The van der Waals surface area contributed by atoms with Crippen LogP contribution in [-0.2, 0) is 4.74 Å². The number of hydrogen-bond acceptors (Lipinski definition) is 1. The number of ether oxygens (including phenoxy) is 1. The Hall–Kier alpha value is 1.26. The van der Waals surface area contributed by atoms with Gasteiger partial charge in [-0.25, -0.2) is 0 Å². The first-order chi connectivity index (χ1) is 6.61. The average molecular weight is 373 g/mol. The molecule has 0 aliphatic heterocycles. The van der Waals surface area contributed by atoms with Crippen molar-refractivity contribution in [1.29, 1.82) is 0 Å². The Labute approximate surface area is 134 Å². The van der Waals surface area contributed by atoms with E-state index in [2.05, 4.69) is 22.6 Å². The van der Waals surface area contributed by atoms with E-state index in [9.17, 15) is 0 Å². The molecule has 0 fully saturated rings. The molecular weight excluding hydrogens is 358 g/mol. The summed E-state index contributed by atoms with van der Waals surface area (Å²) in [6, 6.07) is 5.42. The van der Waals surface area contributed by atoms with Crippen molar-refractivity contribution in [1.82, 2.24) is 0 Å². The summed E-state index contributed by atoms with van der Waals surface area (Å²) < 4.78 is 5.86. The maximum atomic E-state index is 5.72. The Morgan fingerprint density at radius 2 is 1.80 bits per heavy atom. The van der Waals surface area contributed by atoms with Crippen molar-refractivity contribution in [3.05, 3.63) is 31.8 Å². The molecule has 0 N–H and O–H groups in total. The van der Waals surface area contributed by atoms with E-state index in [4.69, 9.17) is 27.9 Å². The zero-order valence-electron chi connectivity index (χ0n) is 10.9. The molecule has 0 saturated heterocycles. The van der Waals surface area contributed by atoms with Gasteiger partial charge < -0.3 is 7.59 Å². The molecule has 0 saturated carbocycles. The van der Waals surface area contributed by atoms with Gasteiger partial charge in [0.2, 0.25) is 0 Å². The Bertz CT molecular complexity index is 278. The first-order valence-corrected chi connectivity index (χ1v) is 6.13. The number of benzene rings is 1. The molecule has 0 aromatic heterocycles. The van der Waals surface area contributed by atoms with Crippen LogP contribution in [-0.4, -0.2) is 36.3 Å². The van der Waals surface area contributed by atoms with Crippen molar-refractivity contribution >= 4 is 68.8 Å². The average Bonchev–Trinajstić information content (AvgIpc) is 2.14. The third-order valence-corrected chi connectivity index (χ3v) is 3.10. The predicted octanol–water partition coefficient (Wildman–Crippen LogP) is 4.49. The van der Waals surface area contributed by atoms with Crippen molar-refractivity contribution in [2.75, 3.05) is 13.2 Å². The van der Waals surface area contributed by atoms with E-state index in [1.54, 1.807) is 6.07 Å². The number of hydrogen-bond donors (Lipinski definition) is 0. The smallest absolute Gasteiger partial charge is 1.00 e. The maximum absolute atomic E-state index is 5.72. The minimum atomic E-state index is 0. The molecular formula is C10H15Cl2IMgO. The number of halogens is 3. The van der Waals surface area contributed by atoms with Crippen molar-refractivity contribution in [3.8, 4) is 0 Å². The van der Waals surface area contributed by atoms with Gasteiger partial charge in [-0.1, -0.05) is 23.2 Å². The summed E-state index contributed by atoms with van der Waals surface area (Å²) in [4.78, 5) is 0. The van der Waals surface area contributed by atoms with Gasteiger partial charge in [-0.3, -0.25) is 0 Å². The summed E-state index contributed by atoms with van der Waals surface area (Å²) in [5.41, 5.74) is 0. The quantitative estimate of drug-likeness (QED) is 0.422. The molecule has 0 amide bonds. The summed E-state index contributed by atoms with van der Waals surface area (Å²) in [6.07, 6.45) is 0. The van der Waals surface area contributed by atoms with E-state index in [1.807, 2.05) is 26.0 Å². The summed E-state index contributed by atoms with van der Waals surface area (Å²) in [5, 5.41) is 1.39. The fraction of sp³-hybridized carbons (Fsp3) is 0.400. The molecule has 1 rings (SSSR count). The monoisotopic (exact) mass is 372 g/mol. The molecule has 0 bridgehead atoms. The molecule has 15 heavy (non-hydrogen) atoms. The molecule has 84 valence electrons. The maximum Gasteiger partial charge on any atom is 2.00 e. The van der Waals surface area contributed by atoms with Gasteiger partial charge in [0.15, 0.2) is 0 Å². The van der Waals surface area contributed by atoms with E-state index in [1.165, 1.54) is 0 Å². The summed E-state index contributed by atoms with van der Waals surface area (Å²) in [6.45, 7) is 5.67. The second-order valence-corrected chi connectivity index (χ2v) is 4.35. The molecule has 5 heteroatoms. The molecule has 0 unspecified atom stereocenters. The van der Waals surface area contributed by atoms with Crippen LogP contribution in [0.3, 0.4) is 0 Å². The molecule has 1 aromatic carbocycles. The molecule has 0 atom stereocenters. The summed E-state index contributed by atoms with van der Waals surface area (Å²) in [5.74, 6) is 0. The van der Waals surface area contributed by atoms with Gasteiger partial charge >= 0.3 is 23.1 Å².